The van der Waals surface area contributed by atoms with Gasteiger partial charge in [0.15, 0.2) is 0 Å². The summed E-state index contributed by atoms with van der Waals surface area (Å²) in [5, 5.41) is 13.9. The first-order valence-corrected chi connectivity index (χ1v) is 10.7. The lowest BCUT2D eigenvalue weighted by Crippen LogP contribution is -2.26. The summed E-state index contributed by atoms with van der Waals surface area (Å²) in [5.74, 6) is -1.48. The molecule has 1 heterocycles. The van der Waals surface area contributed by atoms with Crippen LogP contribution in [0.1, 0.15) is 46.9 Å². The molecule has 0 saturated heterocycles. The van der Waals surface area contributed by atoms with Gasteiger partial charge in [-0.3, -0.25) is 14.9 Å². The zero-order valence-electron chi connectivity index (χ0n) is 17.9. The SMILES string of the molecule is O=C(O)CCCCNC(=O)c1occc1NC(=O)OCC1c2ccccc2-c2ccccc21. The van der Waals surface area contributed by atoms with Crippen LogP contribution < -0.4 is 10.6 Å². The molecule has 0 atom stereocenters. The van der Waals surface area contributed by atoms with Crippen LogP contribution in [0.3, 0.4) is 0 Å². The quantitative estimate of drug-likeness (QED) is 0.411. The molecule has 170 valence electrons. The molecule has 0 saturated carbocycles. The van der Waals surface area contributed by atoms with E-state index in [1.54, 1.807) is 0 Å². The molecule has 3 N–H and O–H groups in total. The number of carboxylic acids is 1. The first-order chi connectivity index (χ1) is 16.0. The molecule has 0 bridgehead atoms. The zero-order valence-corrected chi connectivity index (χ0v) is 17.9. The number of unbranched alkanes of at least 4 members (excludes halogenated alkanes) is 1. The predicted molar refractivity (Wildman–Crippen MR) is 121 cm³/mol. The number of furan rings is 1. The van der Waals surface area contributed by atoms with Crippen LogP contribution in [-0.2, 0) is 9.53 Å². The molecule has 8 heteroatoms. The lowest BCUT2D eigenvalue weighted by Gasteiger charge is -2.14. The minimum atomic E-state index is -0.873. The van der Waals surface area contributed by atoms with Crippen LogP contribution >= 0.6 is 0 Å². The monoisotopic (exact) mass is 448 g/mol. The van der Waals surface area contributed by atoms with Gasteiger partial charge in [0.2, 0.25) is 5.76 Å². The highest BCUT2D eigenvalue weighted by Gasteiger charge is 2.29. The maximum absolute atomic E-state index is 12.5. The van der Waals surface area contributed by atoms with E-state index in [4.69, 9.17) is 14.3 Å². The number of hydrogen-bond acceptors (Lipinski definition) is 5. The minimum Gasteiger partial charge on any atom is -0.481 e. The van der Waals surface area contributed by atoms with Crippen molar-refractivity contribution in [3.05, 3.63) is 77.7 Å². The van der Waals surface area contributed by atoms with E-state index in [-0.39, 0.29) is 30.4 Å². The number of ether oxygens (including phenoxy) is 1. The van der Waals surface area contributed by atoms with Crippen LogP contribution in [0.15, 0.2) is 65.3 Å². The molecule has 1 aliphatic carbocycles. The number of anilines is 1. The highest BCUT2D eigenvalue weighted by Crippen LogP contribution is 2.44. The standard InChI is InChI=1S/C25H24N2O6/c28-22(29)11-5-6-13-26-24(30)23-21(12-14-32-23)27-25(31)33-15-20-18-9-3-1-7-16(18)17-8-2-4-10-19(17)20/h1-4,7-10,12,14,20H,5-6,11,13,15H2,(H,26,30)(H,27,31)(H,28,29). The molecule has 1 aromatic heterocycles. The molecule has 0 radical (unpaired) electrons. The fourth-order valence-electron chi connectivity index (χ4n) is 4.01. The fraction of sp³-hybridized carbons (Fsp3) is 0.240. The van der Waals surface area contributed by atoms with Gasteiger partial charge in [-0.25, -0.2) is 4.79 Å². The summed E-state index contributed by atoms with van der Waals surface area (Å²) in [6.07, 6.45) is 1.64. The van der Waals surface area contributed by atoms with Crippen molar-refractivity contribution in [3.8, 4) is 11.1 Å². The molecule has 2 aromatic carbocycles. The summed E-state index contributed by atoms with van der Waals surface area (Å²) in [7, 11) is 0. The van der Waals surface area contributed by atoms with Crippen molar-refractivity contribution < 1.29 is 28.6 Å². The molecule has 33 heavy (non-hydrogen) atoms. The smallest absolute Gasteiger partial charge is 0.411 e. The maximum atomic E-state index is 12.5. The molecule has 2 amide bonds. The first kappa shape index (κ1) is 22.1. The topological polar surface area (TPSA) is 118 Å². The summed E-state index contributed by atoms with van der Waals surface area (Å²) in [6, 6.07) is 17.6. The van der Waals surface area contributed by atoms with E-state index >= 15 is 0 Å². The van der Waals surface area contributed by atoms with E-state index in [1.165, 1.54) is 12.3 Å². The number of fused-ring (bicyclic) bond motifs is 3. The van der Waals surface area contributed by atoms with Crippen LogP contribution in [0.25, 0.3) is 11.1 Å². The fourth-order valence-corrected chi connectivity index (χ4v) is 4.01. The average molecular weight is 448 g/mol. The Morgan fingerprint density at radius 3 is 2.27 bits per heavy atom. The van der Waals surface area contributed by atoms with Crippen LogP contribution in [0.2, 0.25) is 0 Å². The van der Waals surface area contributed by atoms with Crippen molar-refractivity contribution in [2.24, 2.45) is 0 Å². The Balaban J connectivity index is 1.33. The van der Waals surface area contributed by atoms with Gasteiger partial charge in [-0.1, -0.05) is 48.5 Å². The largest absolute Gasteiger partial charge is 0.481 e. The Hall–Kier alpha value is -4.07. The number of carboxylic acid groups (broad SMARTS) is 1. The van der Waals surface area contributed by atoms with Gasteiger partial charge in [-0.15, -0.1) is 0 Å². The second kappa shape index (κ2) is 10.0. The van der Waals surface area contributed by atoms with E-state index in [2.05, 4.69) is 22.8 Å². The molecule has 0 unspecified atom stereocenters. The first-order valence-electron chi connectivity index (χ1n) is 10.7. The molecule has 1 aliphatic rings. The third-order valence-electron chi connectivity index (χ3n) is 5.55. The van der Waals surface area contributed by atoms with Crippen molar-refractivity contribution in [2.75, 3.05) is 18.5 Å². The molecular weight excluding hydrogens is 424 g/mol. The summed E-state index contributed by atoms with van der Waals surface area (Å²) < 4.78 is 10.7. The Morgan fingerprint density at radius 1 is 0.939 bits per heavy atom. The molecule has 8 nitrogen and oxygen atoms in total. The van der Waals surface area contributed by atoms with Crippen LogP contribution in [0, 0.1) is 0 Å². The number of hydrogen-bond donors (Lipinski definition) is 3. The van der Waals surface area contributed by atoms with Gasteiger partial charge in [0.1, 0.15) is 6.61 Å². The Kier molecular flexibility index (Phi) is 6.73. The summed E-state index contributed by atoms with van der Waals surface area (Å²) in [5.41, 5.74) is 4.70. The summed E-state index contributed by atoms with van der Waals surface area (Å²) >= 11 is 0. The molecule has 0 aliphatic heterocycles. The number of nitrogens with one attached hydrogen (secondary N) is 2. The van der Waals surface area contributed by atoms with Crippen LogP contribution in [-0.4, -0.2) is 36.2 Å². The van der Waals surface area contributed by atoms with E-state index in [0.29, 0.717) is 19.4 Å². The molecule has 0 spiro atoms. The second-order valence-corrected chi connectivity index (χ2v) is 7.72. The Bertz CT molecular complexity index is 1120. The van der Waals surface area contributed by atoms with Gasteiger partial charge in [-0.05, 0) is 35.1 Å². The summed E-state index contributed by atoms with van der Waals surface area (Å²) in [6.45, 7) is 0.458. The molecular formula is C25H24N2O6. The van der Waals surface area contributed by atoms with E-state index in [0.717, 1.165) is 22.3 Å². The van der Waals surface area contributed by atoms with Gasteiger partial charge in [0.25, 0.3) is 5.91 Å². The van der Waals surface area contributed by atoms with Crippen LogP contribution in [0.4, 0.5) is 10.5 Å². The zero-order chi connectivity index (χ0) is 23.2. The second-order valence-electron chi connectivity index (χ2n) is 7.72. The van der Waals surface area contributed by atoms with Gasteiger partial charge in [0, 0.05) is 24.9 Å². The number of carbonyl (C=O) groups is 3. The lowest BCUT2D eigenvalue weighted by atomic mass is 9.98. The number of rotatable bonds is 9. The highest BCUT2D eigenvalue weighted by molar-refractivity contribution is 6.00. The van der Waals surface area contributed by atoms with Crippen molar-refractivity contribution in [3.63, 3.8) is 0 Å². The van der Waals surface area contributed by atoms with Crippen molar-refractivity contribution >= 4 is 23.7 Å². The summed E-state index contributed by atoms with van der Waals surface area (Å²) in [4.78, 5) is 35.3. The average Bonchev–Trinajstić information content (AvgIpc) is 3.39. The molecule has 4 rings (SSSR count). The number of carbonyl (C=O) groups excluding carboxylic acids is 2. The van der Waals surface area contributed by atoms with Gasteiger partial charge >= 0.3 is 12.1 Å². The van der Waals surface area contributed by atoms with Crippen molar-refractivity contribution in [1.29, 1.82) is 0 Å². The Morgan fingerprint density at radius 2 is 1.61 bits per heavy atom. The number of benzene rings is 2. The predicted octanol–water partition coefficient (Wildman–Crippen LogP) is 4.63. The molecule has 0 fully saturated rings. The van der Waals surface area contributed by atoms with Gasteiger partial charge < -0.3 is 19.6 Å². The minimum absolute atomic E-state index is 0.0401. The number of amides is 2. The highest BCUT2D eigenvalue weighted by atomic mass is 16.5. The van der Waals surface area contributed by atoms with E-state index in [1.807, 2.05) is 36.4 Å². The lowest BCUT2D eigenvalue weighted by molar-refractivity contribution is -0.137. The van der Waals surface area contributed by atoms with Crippen molar-refractivity contribution in [2.45, 2.75) is 25.2 Å². The van der Waals surface area contributed by atoms with Crippen molar-refractivity contribution in [1.82, 2.24) is 5.32 Å². The molecule has 3 aromatic rings. The number of aliphatic carboxylic acids is 1. The third kappa shape index (κ3) is 5.06. The van der Waals surface area contributed by atoms with E-state index < -0.39 is 18.0 Å². The van der Waals surface area contributed by atoms with Crippen LogP contribution in [0.5, 0.6) is 0 Å². The Labute approximate surface area is 190 Å². The normalized spacial score (nSPS) is 12.0. The van der Waals surface area contributed by atoms with Gasteiger partial charge in [-0.2, -0.15) is 0 Å². The third-order valence-corrected chi connectivity index (χ3v) is 5.55. The van der Waals surface area contributed by atoms with E-state index in [9.17, 15) is 14.4 Å². The maximum Gasteiger partial charge on any atom is 0.411 e. The van der Waals surface area contributed by atoms with Gasteiger partial charge in [0.05, 0.1) is 12.0 Å².